The maximum Gasteiger partial charge on any atom is 2.00 e. The van der Waals surface area contributed by atoms with Crippen LogP contribution in [0.5, 0.6) is 0 Å². The van der Waals surface area contributed by atoms with Crippen molar-refractivity contribution in [3.63, 3.8) is 0 Å². The molecule has 0 N–H and O–H groups in total. The molecule has 0 aliphatic rings. The number of rotatable bonds is 0. The van der Waals surface area contributed by atoms with Crippen LogP contribution in [0.4, 0.5) is 0 Å². The molecular formula is C6H3IMgS. The van der Waals surface area contributed by atoms with Crippen LogP contribution >= 0.6 is 11.3 Å². The van der Waals surface area contributed by atoms with Crippen molar-refractivity contribution in [3.05, 3.63) is 22.4 Å². The van der Waals surface area contributed by atoms with Gasteiger partial charge in [0.1, 0.15) is 0 Å². The molecule has 3 heteroatoms. The van der Waals surface area contributed by atoms with Crippen molar-refractivity contribution >= 4 is 34.4 Å². The largest absolute Gasteiger partial charge is 2.00 e. The van der Waals surface area contributed by atoms with Crippen molar-refractivity contribution in [2.24, 2.45) is 0 Å². The summed E-state index contributed by atoms with van der Waals surface area (Å²) < 4.78 is 0. The first-order valence-electron chi connectivity index (χ1n) is 1.85. The van der Waals surface area contributed by atoms with Gasteiger partial charge >= 0.3 is 23.1 Å². The summed E-state index contributed by atoms with van der Waals surface area (Å²) in [7, 11) is 0. The van der Waals surface area contributed by atoms with Crippen molar-refractivity contribution in [2.45, 2.75) is 0 Å². The molecule has 0 aromatic carbocycles. The van der Waals surface area contributed by atoms with E-state index in [9.17, 15) is 0 Å². The fourth-order valence-corrected chi connectivity index (χ4v) is 0.837. The van der Waals surface area contributed by atoms with Crippen LogP contribution in [0.1, 0.15) is 5.56 Å². The van der Waals surface area contributed by atoms with E-state index in [2.05, 4.69) is 11.3 Å². The van der Waals surface area contributed by atoms with E-state index in [-0.39, 0.29) is 47.0 Å². The Hall–Kier alpha value is 0.756. The normalized spacial score (nSPS) is 6.11. The first-order valence-corrected chi connectivity index (χ1v) is 2.73. The molecule has 0 aliphatic heterocycles. The third-order valence-corrected chi connectivity index (χ3v) is 1.24. The predicted octanol–water partition coefficient (Wildman–Crippen LogP) is -1.85. The SMILES string of the molecule is C#Cc1[c-]scc1.[I-].[Mg+2]. The summed E-state index contributed by atoms with van der Waals surface area (Å²) in [5.74, 6) is 2.46. The molecule has 1 aromatic heterocycles. The molecule has 0 saturated heterocycles. The second kappa shape index (κ2) is 6.87. The van der Waals surface area contributed by atoms with Gasteiger partial charge < -0.3 is 24.0 Å². The minimum Gasteiger partial charge on any atom is -1.00 e. The summed E-state index contributed by atoms with van der Waals surface area (Å²) in [5.41, 5.74) is 0.852. The van der Waals surface area contributed by atoms with Gasteiger partial charge in [0.05, 0.1) is 0 Å². The minimum absolute atomic E-state index is 0. The molecular weight excluding hydrogens is 255 g/mol. The van der Waals surface area contributed by atoms with Crippen LogP contribution in [0.2, 0.25) is 0 Å². The Balaban J connectivity index is 0. The fraction of sp³-hybridized carbons (Fsp3) is 0. The molecule has 1 aromatic rings. The Morgan fingerprint density at radius 1 is 1.67 bits per heavy atom. The number of hydrogen-bond acceptors (Lipinski definition) is 1. The summed E-state index contributed by atoms with van der Waals surface area (Å²) in [6, 6.07) is 1.87. The average Bonchev–Trinajstić information content (AvgIpc) is 2.14. The quantitative estimate of drug-likeness (QED) is 0.222. The van der Waals surface area contributed by atoms with Gasteiger partial charge in [-0.1, -0.05) is 5.38 Å². The van der Waals surface area contributed by atoms with Crippen molar-refractivity contribution < 1.29 is 24.0 Å². The summed E-state index contributed by atoms with van der Waals surface area (Å²) in [6.07, 6.45) is 5.02. The van der Waals surface area contributed by atoms with Gasteiger partial charge in [-0.25, -0.2) is 0 Å². The van der Waals surface area contributed by atoms with Gasteiger partial charge in [0.25, 0.3) is 0 Å². The molecule has 0 spiro atoms. The first kappa shape index (κ1) is 12.4. The molecule has 0 aliphatic carbocycles. The van der Waals surface area contributed by atoms with E-state index >= 15 is 0 Å². The van der Waals surface area contributed by atoms with Gasteiger partial charge in [-0.15, -0.1) is 10.9 Å². The average molecular weight is 258 g/mol. The molecule has 0 amide bonds. The minimum atomic E-state index is 0. The molecule has 9 heavy (non-hydrogen) atoms. The standard InChI is InChI=1S/C6H3S.HI.Mg/c1-2-6-3-4-7-5-6;;/h1,3-4H;1H;/q-1;;+2/p-1. The smallest absolute Gasteiger partial charge is 1.00 e. The summed E-state index contributed by atoms with van der Waals surface area (Å²) >= 11 is 1.50. The second-order valence-electron chi connectivity index (χ2n) is 1.08. The Labute approximate surface area is 92.2 Å². The second-order valence-corrected chi connectivity index (χ2v) is 1.79. The molecule has 1 heterocycles. The van der Waals surface area contributed by atoms with Crippen LogP contribution in [-0.4, -0.2) is 23.1 Å². The van der Waals surface area contributed by atoms with Gasteiger partial charge in [0.2, 0.25) is 0 Å². The van der Waals surface area contributed by atoms with E-state index in [4.69, 9.17) is 6.42 Å². The summed E-state index contributed by atoms with van der Waals surface area (Å²) in [6.45, 7) is 0. The fourth-order valence-electron chi connectivity index (χ4n) is 0.311. The van der Waals surface area contributed by atoms with Gasteiger partial charge in [-0.05, 0) is 0 Å². The van der Waals surface area contributed by atoms with Crippen molar-refractivity contribution in [2.75, 3.05) is 0 Å². The van der Waals surface area contributed by atoms with Crippen LogP contribution in [0, 0.1) is 17.7 Å². The Morgan fingerprint density at radius 2 is 2.33 bits per heavy atom. The first-order chi connectivity index (χ1) is 3.43. The van der Waals surface area contributed by atoms with Crippen molar-refractivity contribution in [1.29, 1.82) is 0 Å². The maximum atomic E-state index is 5.02. The van der Waals surface area contributed by atoms with Crippen LogP contribution < -0.4 is 24.0 Å². The molecule has 42 valence electrons. The summed E-state index contributed by atoms with van der Waals surface area (Å²) in [4.78, 5) is 0. The van der Waals surface area contributed by atoms with Crippen LogP contribution in [0.15, 0.2) is 11.4 Å². The van der Waals surface area contributed by atoms with E-state index in [1.54, 1.807) is 0 Å². The monoisotopic (exact) mass is 258 g/mol. The molecule has 0 nitrogen and oxygen atoms in total. The Morgan fingerprint density at radius 3 is 2.56 bits per heavy atom. The zero-order valence-corrected chi connectivity index (χ0v) is 9.11. The number of terminal acetylenes is 1. The van der Waals surface area contributed by atoms with Gasteiger partial charge in [0.15, 0.2) is 0 Å². The summed E-state index contributed by atoms with van der Waals surface area (Å²) in [5, 5.41) is 4.80. The molecule has 0 atom stereocenters. The van der Waals surface area contributed by atoms with Crippen molar-refractivity contribution in [1.82, 2.24) is 0 Å². The van der Waals surface area contributed by atoms with Crippen molar-refractivity contribution in [3.8, 4) is 12.3 Å². The van der Waals surface area contributed by atoms with Crippen LogP contribution in [-0.2, 0) is 0 Å². The topological polar surface area (TPSA) is 0 Å². The van der Waals surface area contributed by atoms with E-state index in [0.717, 1.165) is 5.56 Å². The molecule has 0 saturated carbocycles. The number of thiophene rings is 1. The van der Waals surface area contributed by atoms with E-state index in [1.807, 2.05) is 11.4 Å². The third-order valence-electron chi connectivity index (χ3n) is 0.627. The molecule has 0 radical (unpaired) electrons. The zero-order chi connectivity index (χ0) is 5.11. The molecule has 0 fully saturated rings. The molecule has 0 bridgehead atoms. The maximum absolute atomic E-state index is 5.02. The van der Waals surface area contributed by atoms with E-state index in [0.29, 0.717) is 0 Å². The van der Waals surface area contributed by atoms with Crippen LogP contribution in [0.25, 0.3) is 0 Å². The molecule has 1 rings (SSSR count). The zero-order valence-electron chi connectivity index (χ0n) is 4.73. The predicted molar refractivity (Wildman–Crippen MR) is 36.8 cm³/mol. The van der Waals surface area contributed by atoms with E-state index < -0.39 is 0 Å². The van der Waals surface area contributed by atoms with Gasteiger partial charge in [0, 0.05) is 0 Å². The van der Waals surface area contributed by atoms with E-state index in [1.165, 1.54) is 11.3 Å². The number of halogens is 1. The Kier molecular flexibility index (Phi) is 9.49. The van der Waals surface area contributed by atoms with Crippen LogP contribution in [0.3, 0.4) is 0 Å². The third kappa shape index (κ3) is 4.20. The molecule has 0 unspecified atom stereocenters. The number of hydrogen-bond donors (Lipinski definition) is 0. The van der Waals surface area contributed by atoms with Gasteiger partial charge in [-0.3, -0.25) is 11.3 Å². The van der Waals surface area contributed by atoms with Gasteiger partial charge in [-0.2, -0.15) is 18.4 Å². The Bertz CT molecular complexity index is 175.